The molecule has 0 aliphatic heterocycles. The Kier molecular flexibility index (Phi) is 6.42. The van der Waals surface area contributed by atoms with E-state index in [0.717, 1.165) is 4.31 Å². The fourth-order valence-corrected chi connectivity index (χ4v) is 3.76. The number of nitrogens with zero attached hydrogens (tertiary/aromatic N) is 5. The van der Waals surface area contributed by atoms with E-state index in [9.17, 15) is 18.0 Å². The Bertz CT molecular complexity index is 1210. The van der Waals surface area contributed by atoms with Crippen molar-refractivity contribution in [2.45, 2.75) is 11.8 Å². The van der Waals surface area contributed by atoms with Gasteiger partial charge in [0, 0.05) is 19.8 Å². The molecule has 0 aliphatic carbocycles. The average molecular weight is 444 g/mol. The smallest absolute Gasteiger partial charge is 0.338 e. The van der Waals surface area contributed by atoms with Gasteiger partial charge in [0.2, 0.25) is 10.0 Å². The number of hydrogen-bond acceptors (Lipinski definition) is 8. The van der Waals surface area contributed by atoms with E-state index in [1.807, 2.05) is 0 Å². The quantitative estimate of drug-likeness (QED) is 0.533. The first kappa shape index (κ1) is 22.1. The fraction of sp³-hybridized carbons (Fsp3) is 0.211. The van der Waals surface area contributed by atoms with E-state index in [1.54, 1.807) is 31.2 Å². The molecule has 0 unspecified atom stereocenters. The second kappa shape index (κ2) is 9.02. The number of sulfonamides is 1. The standard InChI is InChI=1S/C19H20N6O5S/c1-13-7-8-15(10-17(13)31(28,29)24(2)3)21-18(26)11-30-19(27)14-5-4-6-16(9-14)25-12-20-22-23-25/h4-10,12H,11H2,1-3H3,(H,21,26). The highest BCUT2D eigenvalue weighted by molar-refractivity contribution is 7.89. The van der Waals surface area contributed by atoms with Crippen LogP contribution in [0.4, 0.5) is 5.69 Å². The Balaban J connectivity index is 1.65. The summed E-state index contributed by atoms with van der Waals surface area (Å²) in [6, 6.07) is 10.9. The predicted octanol–water partition coefficient (Wildman–Crippen LogP) is 1.02. The van der Waals surface area contributed by atoms with Crippen LogP contribution in [0.1, 0.15) is 15.9 Å². The van der Waals surface area contributed by atoms with Crippen molar-refractivity contribution in [2.24, 2.45) is 0 Å². The number of benzene rings is 2. The molecular weight excluding hydrogens is 424 g/mol. The summed E-state index contributed by atoms with van der Waals surface area (Å²) in [5.74, 6) is -1.31. The minimum Gasteiger partial charge on any atom is -0.452 e. The number of esters is 1. The van der Waals surface area contributed by atoms with Crippen LogP contribution in [0, 0.1) is 6.92 Å². The highest BCUT2D eigenvalue weighted by Gasteiger charge is 2.20. The number of aryl methyl sites for hydroxylation is 1. The van der Waals surface area contributed by atoms with Crippen LogP contribution in [0.15, 0.2) is 53.7 Å². The molecule has 0 bridgehead atoms. The summed E-state index contributed by atoms with van der Waals surface area (Å²) >= 11 is 0. The van der Waals surface area contributed by atoms with E-state index in [-0.39, 0.29) is 16.1 Å². The van der Waals surface area contributed by atoms with Crippen LogP contribution < -0.4 is 5.32 Å². The summed E-state index contributed by atoms with van der Waals surface area (Å²) in [5.41, 5.74) is 1.59. The van der Waals surface area contributed by atoms with Gasteiger partial charge in [-0.2, -0.15) is 0 Å². The topological polar surface area (TPSA) is 136 Å². The summed E-state index contributed by atoms with van der Waals surface area (Å²) in [4.78, 5) is 24.6. The summed E-state index contributed by atoms with van der Waals surface area (Å²) < 4.78 is 32.3. The van der Waals surface area contributed by atoms with Crippen LogP contribution in [0.2, 0.25) is 0 Å². The Morgan fingerprint density at radius 2 is 1.94 bits per heavy atom. The molecule has 2 aromatic carbocycles. The maximum Gasteiger partial charge on any atom is 0.338 e. The van der Waals surface area contributed by atoms with Gasteiger partial charge >= 0.3 is 5.97 Å². The molecule has 31 heavy (non-hydrogen) atoms. The van der Waals surface area contributed by atoms with Crippen molar-refractivity contribution in [3.63, 3.8) is 0 Å². The molecule has 11 nitrogen and oxygen atoms in total. The van der Waals surface area contributed by atoms with Crippen molar-refractivity contribution in [2.75, 3.05) is 26.0 Å². The van der Waals surface area contributed by atoms with E-state index in [4.69, 9.17) is 4.74 Å². The number of tetrazole rings is 1. The van der Waals surface area contributed by atoms with Gasteiger partial charge in [-0.25, -0.2) is 22.2 Å². The van der Waals surface area contributed by atoms with E-state index >= 15 is 0 Å². The zero-order chi connectivity index (χ0) is 22.6. The van der Waals surface area contributed by atoms with Gasteiger partial charge in [0.15, 0.2) is 6.61 Å². The molecule has 0 atom stereocenters. The SMILES string of the molecule is Cc1ccc(NC(=O)COC(=O)c2cccc(-n3cnnn3)c2)cc1S(=O)(=O)N(C)C. The Labute approximate surface area is 178 Å². The lowest BCUT2D eigenvalue weighted by Crippen LogP contribution is -2.24. The van der Waals surface area contributed by atoms with Crippen LogP contribution >= 0.6 is 0 Å². The van der Waals surface area contributed by atoms with Gasteiger partial charge in [0.25, 0.3) is 5.91 Å². The molecule has 0 spiro atoms. The first-order valence-corrected chi connectivity index (χ1v) is 10.5. The number of hydrogen-bond donors (Lipinski definition) is 1. The third kappa shape index (κ3) is 5.10. The van der Waals surface area contributed by atoms with Gasteiger partial charge < -0.3 is 10.1 Å². The van der Waals surface area contributed by atoms with Gasteiger partial charge in [-0.1, -0.05) is 12.1 Å². The number of amides is 1. The van der Waals surface area contributed by atoms with Gasteiger partial charge in [0.1, 0.15) is 6.33 Å². The first-order valence-electron chi connectivity index (χ1n) is 9.02. The number of rotatable bonds is 7. The molecule has 162 valence electrons. The average Bonchev–Trinajstić information content (AvgIpc) is 3.28. The highest BCUT2D eigenvalue weighted by Crippen LogP contribution is 2.22. The van der Waals surface area contributed by atoms with Crippen molar-refractivity contribution in [1.82, 2.24) is 24.5 Å². The van der Waals surface area contributed by atoms with Gasteiger partial charge in [-0.3, -0.25) is 4.79 Å². The molecule has 1 amide bonds. The van der Waals surface area contributed by atoms with Gasteiger partial charge in [-0.15, -0.1) is 5.10 Å². The van der Waals surface area contributed by atoms with E-state index in [0.29, 0.717) is 11.3 Å². The van der Waals surface area contributed by atoms with Crippen molar-refractivity contribution in [3.8, 4) is 5.69 Å². The minimum absolute atomic E-state index is 0.0757. The molecule has 0 fully saturated rings. The van der Waals surface area contributed by atoms with E-state index in [1.165, 1.54) is 43.3 Å². The second-order valence-electron chi connectivity index (χ2n) is 6.70. The third-order valence-electron chi connectivity index (χ3n) is 4.26. The fourth-order valence-electron chi connectivity index (χ4n) is 2.62. The van der Waals surface area contributed by atoms with Crippen LogP contribution in [0.3, 0.4) is 0 Å². The molecule has 3 rings (SSSR count). The first-order chi connectivity index (χ1) is 14.7. The molecule has 1 aromatic heterocycles. The maximum atomic E-state index is 12.4. The van der Waals surface area contributed by atoms with E-state index in [2.05, 4.69) is 20.8 Å². The minimum atomic E-state index is -3.67. The van der Waals surface area contributed by atoms with Crippen LogP contribution in [0.5, 0.6) is 0 Å². The zero-order valence-corrected chi connectivity index (χ0v) is 17.8. The molecule has 0 radical (unpaired) electrons. The lowest BCUT2D eigenvalue weighted by Gasteiger charge is -2.15. The monoisotopic (exact) mass is 444 g/mol. The van der Waals surface area contributed by atoms with Crippen molar-refractivity contribution < 1.29 is 22.7 Å². The largest absolute Gasteiger partial charge is 0.452 e. The Morgan fingerprint density at radius 3 is 2.61 bits per heavy atom. The summed E-state index contributed by atoms with van der Waals surface area (Å²) in [6.07, 6.45) is 1.38. The van der Waals surface area contributed by atoms with Crippen molar-refractivity contribution in [3.05, 3.63) is 59.9 Å². The molecule has 0 saturated heterocycles. The third-order valence-corrected chi connectivity index (χ3v) is 6.22. The molecular formula is C19H20N6O5S. The van der Waals surface area contributed by atoms with Crippen molar-refractivity contribution in [1.29, 1.82) is 0 Å². The zero-order valence-electron chi connectivity index (χ0n) is 17.0. The van der Waals surface area contributed by atoms with Crippen molar-refractivity contribution >= 4 is 27.6 Å². The molecule has 0 saturated carbocycles. The van der Waals surface area contributed by atoms with Gasteiger partial charge in [0.05, 0.1) is 16.1 Å². The second-order valence-corrected chi connectivity index (χ2v) is 8.82. The molecule has 0 aliphatic rings. The number of carbonyl (C=O) groups is 2. The Hall–Kier alpha value is -3.64. The van der Waals surface area contributed by atoms with Crippen LogP contribution in [0.25, 0.3) is 5.69 Å². The number of nitrogens with one attached hydrogen (secondary N) is 1. The number of aromatic nitrogens is 4. The number of carbonyl (C=O) groups excluding carboxylic acids is 2. The lowest BCUT2D eigenvalue weighted by atomic mass is 10.2. The predicted molar refractivity (Wildman–Crippen MR) is 110 cm³/mol. The van der Waals surface area contributed by atoms with Crippen LogP contribution in [-0.2, 0) is 19.6 Å². The lowest BCUT2D eigenvalue weighted by molar-refractivity contribution is -0.119. The summed E-state index contributed by atoms with van der Waals surface area (Å²) in [7, 11) is -0.821. The molecule has 1 N–H and O–H groups in total. The number of anilines is 1. The maximum absolute atomic E-state index is 12.4. The molecule has 12 heteroatoms. The number of ether oxygens (including phenoxy) is 1. The van der Waals surface area contributed by atoms with E-state index < -0.39 is 28.5 Å². The summed E-state index contributed by atoms with van der Waals surface area (Å²) in [5, 5.41) is 13.3. The summed E-state index contributed by atoms with van der Waals surface area (Å²) in [6.45, 7) is 1.12. The Morgan fingerprint density at radius 1 is 1.16 bits per heavy atom. The highest BCUT2D eigenvalue weighted by atomic mass is 32.2. The normalized spacial score (nSPS) is 11.4. The molecule has 1 heterocycles. The van der Waals surface area contributed by atoms with Gasteiger partial charge in [-0.05, 0) is 53.2 Å². The molecule has 3 aromatic rings. The van der Waals surface area contributed by atoms with Crippen LogP contribution in [-0.4, -0.2) is 65.5 Å².